The van der Waals surface area contributed by atoms with Crippen molar-refractivity contribution in [2.75, 3.05) is 0 Å². The van der Waals surface area contributed by atoms with E-state index in [1.165, 1.54) is 18.2 Å². The van der Waals surface area contributed by atoms with E-state index in [-0.39, 0.29) is 11.5 Å². The van der Waals surface area contributed by atoms with Crippen molar-refractivity contribution in [1.29, 1.82) is 0 Å². The minimum absolute atomic E-state index is 0.00551. The van der Waals surface area contributed by atoms with Crippen molar-refractivity contribution in [3.8, 4) is 0 Å². The second-order valence-corrected chi connectivity index (χ2v) is 5.92. The highest BCUT2D eigenvalue weighted by Crippen LogP contribution is 2.60. The Hall–Kier alpha value is -1.71. The molecule has 106 valence electrons. The molecule has 0 heterocycles. The molecule has 1 aromatic rings. The lowest BCUT2D eigenvalue weighted by atomic mass is 9.66. The summed E-state index contributed by atoms with van der Waals surface area (Å²) in [6.45, 7) is 1.73. The standard InChI is InChI=1S/C16H16F2O2/c1-9(14-12(17)3-2-4-13(14)18)16-6-5-10(8-16)7-11(16)15(19)20/h2-6,9-11H,7-8H2,1H3,(H,19,20). The topological polar surface area (TPSA) is 37.3 Å². The summed E-state index contributed by atoms with van der Waals surface area (Å²) in [5, 5.41) is 9.41. The summed E-state index contributed by atoms with van der Waals surface area (Å²) < 4.78 is 28.0. The van der Waals surface area contributed by atoms with Crippen LogP contribution in [0.3, 0.4) is 0 Å². The zero-order valence-corrected chi connectivity index (χ0v) is 11.1. The lowest BCUT2D eigenvalue weighted by molar-refractivity contribution is -0.145. The van der Waals surface area contributed by atoms with Crippen LogP contribution in [-0.4, -0.2) is 11.1 Å². The summed E-state index contributed by atoms with van der Waals surface area (Å²) >= 11 is 0. The van der Waals surface area contributed by atoms with Crippen LogP contribution >= 0.6 is 0 Å². The van der Waals surface area contributed by atoms with Gasteiger partial charge in [0.05, 0.1) is 5.92 Å². The number of hydrogen-bond acceptors (Lipinski definition) is 1. The van der Waals surface area contributed by atoms with Gasteiger partial charge >= 0.3 is 5.97 Å². The van der Waals surface area contributed by atoms with E-state index in [1.54, 1.807) is 6.92 Å². The number of fused-ring (bicyclic) bond motifs is 2. The minimum Gasteiger partial charge on any atom is -0.481 e. The van der Waals surface area contributed by atoms with Gasteiger partial charge in [-0.25, -0.2) is 8.78 Å². The Bertz CT molecular complexity index is 576. The fraction of sp³-hybridized carbons (Fsp3) is 0.438. The Kier molecular flexibility index (Phi) is 2.92. The van der Waals surface area contributed by atoms with E-state index in [2.05, 4.69) is 0 Å². The van der Waals surface area contributed by atoms with Gasteiger partial charge in [-0.3, -0.25) is 4.79 Å². The van der Waals surface area contributed by atoms with E-state index in [9.17, 15) is 18.7 Å². The third-order valence-corrected chi connectivity index (χ3v) is 5.02. The van der Waals surface area contributed by atoms with E-state index in [0.29, 0.717) is 12.8 Å². The maximum absolute atomic E-state index is 14.0. The molecule has 0 aliphatic heterocycles. The van der Waals surface area contributed by atoms with Crippen molar-refractivity contribution in [2.45, 2.75) is 25.7 Å². The Labute approximate surface area is 116 Å². The number of carboxylic acid groups (broad SMARTS) is 1. The average molecular weight is 278 g/mol. The summed E-state index contributed by atoms with van der Waals surface area (Å²) in [5.41, 5.74) is -0.662. The van der Waals surface area contributed by atoms with Crippen molar-refractivity contribution >= 4 is 5.97 Å². The summed E-state index contributed by atoms with van der Waals surface area (Å²) in [4.78, 5) is 11.5. The summed E-state index contributed by atoms with van der Waals surface area (Å²) in [5.74, 6) is -2.91. The second-order valence-electron chi connectivity index (χ2n) is 5.92. The summed E-state index contributed by atoms with van der Waals surface area (Å²) in [6, 6.07) is 3.79. The number of carbonyl (C=O) groups is 1. The molecule has 3 rings (SSSR count). The molecule has 2 bridgehead atoms. The van der Waals surface area contributed by atoms with Gasteiger partial charge < -0.3 is 5.11 Å². The molecule has 2 nitrogen and oxygen atoms in total. The van der Waals surface area contributed by atoms with Crippen LogP contribution in [0, 0.1) is 28.9 Å². The van der Waals surface area contributed by atoms with E-state index < -0.39 is 34.9 Å². The summed E-state index contributed by atoms with van der Waals surface area (Å²) in [7, 11) is 0. The van der Waals surface area contributed by atoms with E-state index in [0.717, 1.165) is 0 Å². The lowest BCUT2D eigenvalue weighted by Crippen LogP contribution is -2.35. The van der Waals surface area contributed by atoms with Crippen LogP contribution in [-0.2, 0) is 4.79 Å². The number of halogens is 2. The largest absolute Gasteiger partial charge is 0.481 e. The number of carboxylic acids is 1. The summed E-state index contributed by atoms with van der Waals surface area (Å²) in [6.07, 6.45) is 5.09. The van der Waals surface area contributed by atoms with Gasteiger partial charge in [0.15, 0.2) is 0 Å². The molecule has 0 aromatic heterocycles. The maximum atomic E-state index is 14.0. The van der Waals surface area contributed by atoms with E-state index in [4.69, 9.17) is 0 Å². The number of benzene rings is 1. The highest BCUT2D eigenvalue weighted by atomic mass is 19.1. The van der Waals surface area contributed by atoms with Crippen LogP contribution < -0.4 is 0 Å². The third kappa shape index (κ3) is 1.70. The molecule has 0 amide bonds. The molecular formula is C16H16F2O2. The molecular weight excluding hydrogens is 262 g/mol. The molecule has 1 aromatic carbocycles. The van der Waals surface area contributed by atoms with Crippen LogP contribution in [0.4, 0.5) is 8.78 Å². The minimum atomic E-state index is -0.875. The van der Waals surface area contributed by atoms with Gasteiger partial charge in [0, 0.05) is 11.0 Å². The SMILES string of the molecule is CC(c1c(F)cccc1F)C12C=CC(CC1C(=O)O)C2. The first-order chi connectivity index (χ1) is 9.45. The number of rotatable bonds is 3. The highest BCUT2D eigenvalue weighted by molar-refractivity contribution is 5.73. The lowest BCUT2D eigenvalue weighted by Gasteiger charge is -2.36. The van der Waals surface area contributed by atoms with Crippen LogP contribution in [0.25, 0.3) is 0 Å². The number of hydrogen-bond donors (Lipinski definition) is 1. The molecule has 2 aliphatic rings. The Morgan fingerprint density at radius 1 is 1.40 bits per heavy atom. The Balaban J connectivity index is 2.07. The zero-order chi connectivity index (χ0) is 14.5. The predicted molar refractivity (Wildman–Crippen MR) is 70.2 cm³/mol. The molecule has 0 spiro atoms. The van der Waals surface area contributed by atoms with Crippen LogP contribution in [0.5, 0.6) is 0 Å². The predicted octanol–water partition coefficient (Wildman–Crippen LogP) is 3.74. The molecule has 0 saturated heterocycles. The molecule has 4 unspecified atom stereocenters. The van der Waals surface area contributed by atoms with E-state index in [1.807, 2.05) is 12.2 Å². The monoisotopic (exact) mass is 278 g/mol. The Morgan fingerprint density at radius 3 is 2.60 bits per heavy atom. The van der Waals surface area contributed by atoms with Gasteiger partial charge in [0.1, 0.15) is 11.6 Å². The van der Waals surface area contributed by atoms with Crippen LogP contribution in [0.15, 0.2) is 30.4 Å². The van der Waals surface area contributed by atoms with Crippen molar-refractivity contribution in [3.63, 3.8) is 0 Å². The average Bonchev–Trinajstić information content (AvgIpc) is 2.97. The molecule has 1 saturated carbocycles. The van der Waals surface area contributed by atoms with Crippen molar-refractivity contribution < 1.29 is 18.7 Å². The highest BCUT2D eigenvalue weighted by Gasteiger charge is 2.55. The first-order valence-corrected chi connectivity index (χ1v) is 6.82. The van der Waals surface area contributed by atoms with E-state index >= 15 is 0 Å². The molecule has 0 radical (unpaired) electrons. The molecule has 4 atom stereocenters. The second kappa shape index (κ2) is 4.40. The van der Waals surface area contributed by atoms with Gasteiger partial charge in [0.25, 0.3) is 0 Å². The number of aliphatic carboxylic acids is 1. The number of allylic oxidation sites excluding steroid dienone is 2. The Morgan fingerprint density at radius 2 is 2.05 bits per heavy atom. The van der Waals surface area contributed by atoms with Gasteiger partial charge in [-0.1, -0.05) is 25.1 Å². The third-order valence-electron chi connectivity index (χ3n) is 5.02. The molecule has 1 fully saturated rings. The van der Waals surface area contributed by atoms with Gasteiger partial charge in [-0.2, -0.15) is 0 Å². The van der Waals surface area contributed by atoms with Crippen molar-refractivity contribution in [1.82, 2.24) is 0 Å². The smallest absolute Gasteiger partial charge is 0.307 e. The van der Waals surface area contributed by atoms with Crippen molar-refractivity contribution in [2.24, 2.45) is 17.3 Å². The molecule has 4 heteroatoms. The first kappa shape index (κ1) is 13.3. The fourth-order valence-corrected chi connectivity index (χ4v) is 3.99. The van der Waals surface area contributed by atoms with Crippen molar-refractivity contribution in [3.05, 3.63) is 47.5 Å². The van der Waals surface area contributed by atoms with Crippen LogP contribution in [0.1, 0.15) is 31.2 Å². The normalized spacial score (nSPS) is 32.5. The van der Waals surface area contributed by atoms with Gasteiger partial charge in [-0.05, 0) is 36.8 Å². The molecule has 1 N–H and O–H groups in total. The quantitative estimate of drug-likeness (QED) is 0.855. The van der Waals surface area contributed by atoms with Gasteiger partial charge in [-0.15, -0.1) is 0 Å². The zero-order valence-electron chi connectivity index (χ0n) is 11.1. The fourth-order valence-electron chi connectivity index (χ4n) is 3.99. The van der Waals surface area contributed by atoms with Gasteiger partial charge in [0.2, 0.25) is 0 Å². The molecule has 20 heavy (non-hydrogen) atoms. The molecule has 2 aliphatic carbocycles. The maximum Gasteiger partial charge on any atom is 0.307 e. The van der Waals surface area contributed by atoms with Crippen LogP contribution in [0.2, 0.25) is 0 Å². The first-order valence-electron chi connectivity index (χ1n) is 6.82.